The molecule has 1 aromatic rings. The normalized spacial score (nSPS) is 10.5. The Morgan fingerprint density at radius 3 is 2.94 bits per heavy atom. The number of ether oxygens (including phenoxy) is 1. The van der Waals surface area contributed by atoms with Crippen LogP contribution in [-0.2, 0) is 20.9 Å². The Morgan fingerprint density at radius 2 is 2.33 bits per heavy atom. The first-order chi connectivity index (χ1) is 8.50. The maximum Gasteiger partial charge on any atom is 0.313 e. The molecule has 18 heavy (non-hydrogen) atoms. The lowest BCUT2D eigenvalue weighted by Crippen LogP contribution is -2.20. The number of carboxylic acid groups (broad SMARTS) is 1. The summed E-state index contributed by atoms with van der Waals surface area (Å²) in [4.78, 5) is 25.1. The average Bonchev–Trinajstić information content (AvgIpc) is 2.63. The molecule has 0 aromatic carbocycles. The number of nitrogens with zero attached hydrogens (tertiary/aromatic N) is 2. The summed E-state index contributed by atoms with van der Waals surface area (Å²) in [6.07, 6.45) is 1.66. The van der Waals surface area contributed by atoms with Crippen molar-refractivity contribution >= 4 is 23.6 Å². The van der Waals surface area contributed by atoms with Gasteiger partial charge in [-0.25, -0.2) is 4.98 Å². The van der Waals surface area contributed by atoms with Gasteiger partial charge < -0.3 is 20.1 Å². The Hall–Kier alpha value is -1.54. The Balaban J connectivity index is 2.50. The highest BCUT2D eigenvalue weighted by Gasteiger charge is 2.09. The van der Waals surface area contributed by atoms with Crippen LogP contribution in [0.25, 0.3) is 0 Å². The summed E-state index contributed by atoms with van der Waals surface area (Å²) in [6.45, 7) is 2.57. The molecule has 0 fully saturated rings. The molecule has 0 saturated carbocycles. The highest BCUT2D eigenvalue weighted by Crippen LogP contribution is 2.17. The number of primary amides is 1. The van der Waals surface area contributed by atoms with Gasteiger partial charge in [0.25, 0.3) is 0 Å². The van der Waals surface area contributed by atoms with E-state index in [1.165, 1.54) is 0 Å². The Bertz CT molecular complexity index is 433. The number of aromatic nitrogens is 2. The fraction of sp³-hybridized carbons (Fsp3) is 0.500. The fourth-order valence-corrected chi connectivity index (χ4v) is 2.05. The molecule has 8 heteroatoms. The van der Waals surface area contributed by atoms with Crippen LogP contribution in [0.4, 0.5) is 0 Å². The number of carbonyl (C=O) groups is 2. The molecule has 0 aliphatic heterocycles. The van der Waals surface area contributed by atoms with Crippen molar-refractivity contribution in [3.8, 4) is 0 Å². The molecule has 7 nitrogen and oxygen atoms in total. The van der Waals surface area contributed by atoms with Crippen molar-refractivity contribution in [3.63, 3.8) is 0 Å². The summed E-state index contributed by atoms with van der Waals surface area (Å²) in [6, 6.07) is 0. The third kappa shape index (κ3) is 4.76. The SMILES string of the molecule is Cc1cnc(SCC(=O)O)n1CCOCC(N)=O. The van der Waals surface area contributed by atoms with E-state index < -0.39 is 11.9 Å². The van der Waals surface area contributed by atoms with Crippen molar-refractivity contribution in [2.45, 2.75) is 18.6 Å². The molecule has 0 unspecified atom stereocenters. The zero-order valence-corrected chi connectivity index (χ0v) is 10.8. The molecule has 3 N–H and O–H groups in total. The van der Waals surface area contributed by atoms with Crippen LogP contribution in [-0.4, -0.2) is 45.5 Å². The molecule has 0 spiro atoms. The number of aliphatic carboxylic acids is 1. The molecule has 1 heterocycles. The number of thioether (sulfide) groups is 1. The lowest BCUT2D eigenvalue weighted by atomic mass is 10.5. The van der Waals surface area contributed by atoms with Crippen molar-refractivity contribution in [1.82, 2.24) is 9.55 Å². The average molecular weight is 273 g/mol. The summed E-state index contributed by atoms with van der Waals surface area (Å²) in [7, 11) is 0. The minimum absolute atomic E-state index is 0.0431. The van der Waals surface area contributed by atoms with Gasteiger partial charge in [-0.15, -0.1) is 0 Å². The predicted octanol–water partition coefficient (Wildman–Crippen LogP) is -0.130. The van der Waals surface area contributed by atoms with E-state index in [1.807, 2.05) is 11.5 Å². The van der Waals surface area contributed by atoms with Crippen LogP contribution in [0.3, 0.4) is 0 Å². The van der Waals surface area contributed by atoms with Crippen molar-refractivity contribution in [2.75, 3.05) is 19.0 Å². The minimum Gasteiger partial charge on any atom is -0.481 e. The number of amides is 1. The standard InChI is InChI=1S/C10H15N3O4S/c1-7-4-12-10(18-6-9(15)16)13(7)2-3-17-5-8(11)14/h4H,2-3,5-6H2,1H3,(H2,11,14)(H,15,16). The molecule has 0 bridgehead atoms. The van der Waals surface area contributed by atoms with Gasteiger partial charge in [0, 0.05) is 18.4 Å². The number of carboxylic acids is 1. The lowest BCUT2D eigenvalue weighted by molar-refractivity contribution is -0.134. The molecule has 0 aliphatic rings. The fourth-order valence-electron chi connectivity index (χ4n) is 1.28. The summed E-state index contributed by atoms with van der Waals surface area (Å²) < 4.78 is 6.90. The Morgan fingerprint density at radius 1 is 1.61 bits per heavy atom. The maximum atomic E-state index is 10.5. The zero-order chi connectivity index (χ0) is 13.5. The van der Waals surface area contributed by atoms with E-state index >= 15 is 0 Å². The summed E-state index contributed by atoms with van der Waals surface area (Å²) in [5, 5.41) is 9.24. The first-order valence-corrected chi connectivity index (χ1v) is 6.22. The molecule has 0 aliphatic carbocycles. The molecule has 0 saturated heterocycles. The summed E-state index contributed by atoms with van der Waals surface area (Å²) >= 11 is 1.15. The molecule has 1 amide bonds. The largest absolute Gasteiger partial charge is 0.481 e. The number of rotatable bonds is 8. The lowest BCUT2D eigenvalue weighted by Gasteiger charge is -2.09. The molecule has 0 radical (unpaired) electrons. The van der Waals surface area contributed by atoms with E-state index in [2.05, 4.69) is 4.98 Å². The van der Waals surface area contributed by atoms with Gasteiger partial charge in [0.1, 0.15) is 6.61 Å². The number of nitrogens with two attached hydrogens (primary N) is 1. The van der Waals surface area contributed by atoms with E-state index in [9.17, 15) is 9.59 Å². The maximum absolute atomic E-state index is 10.5. The first-order valence-electron chi connectivity index (χ1n) is 5.23. The monoisotopic (exact) mass is 273 g/mol. The third-order valence-corrected chi connectivity index (χ3v) is 3.02. The summed E-state index contributed by atoms with van der Waals surface area (Å²) in [5.41, 5.74) is 5.85. The van der Waals surface area contributed by atoms with Crippen LogP contribution >= 0.6 is 11.8 Å². The number of hydrogen-bond donors (Lipinski definition) is 2. The van der Waals surface area contributed by atoms with Crippen LogP contribution in [0.2, 0.25) is 0 Å². The molecular formula is C10H15N3O4S. The molecule has 100 valence electrons. The van der Waals surface area contributed by atoms with Crippen molar-refractivity contribution in [1.29, 1.82) is 0 Å². The third-order valence-electron chi connectivity index (χ3n) is 2.05. The van der Waals surface area contributed by atoms with Gasteiger partial charge in [0.05, 0.1) is 12.4 Å². The summed E-state index contributed by atoms with van der Waals surface area (Å²) in [5.74, 6) is -1.45. The molecular weight excluding hydrogens is 258 g/mol. The van der Waals surface area contributed by atoms with Crippen molar-refractivity contribution in [3.05, 3.63) is 11.9 Å². The second-order valence-corrected chi connectivity index (χ2v) is 4.48. The van der Waals surface area contributed by atoms with Crippen LogP contribution < -0.4 is 5.73 Å². The van der Waals surface area contributed by atoms with Crippen LogP contribution in [0.1, 0.15) is 5.69 Å². The minimum atomic E-state index is -0.891. The van der Waals surface area contributed by atoms with Gasteiger partial charge in [0.15, 0.2) is 5.16 Å². The van der Waals surface area contributed by atoms with Crippen LogP contribution in [0.5, 0.6) is 0 Å². The van der Waals surface area contributed by atoms with E-state index in [0.29, 0.717) is 18.3 Å². The highest BCUT2D eigenvalue weighted by molar-refractivity contribution is 7.99. The number of hydrogen-bond acceptors (Lipinski definition) is 5. The van der Waals surface area contributed by atoms with Gasteiger partial charge in [-0.1, -0.05) is 11.8 Å². The zero-order valence-electron chi connectivity index (χ0n) is 9.96. The van der Waals surface area contributed by atoms with Gasteiger partial charge in [-0.2, -0.15) is 0 Å². The smallest absolute Gasteiger partial charge is 0.313 e. The Labute approximate surface area is 108 Å². The first kappa shape index (κ1) is 14.5. The van der Waals surface area contributed by atoms with Gasteiger partial charge in [-0.05, 0) is 6.92 Å². The van der Waals surface area contributed by atoms with E-state index in [1.54, 1.807) is 6.20 Å². The van der Waals surface area contributed by atoms with Gasteiger partial charge in [0.2, 0.25) is 5.91 Å². The molecule has 1 rings (SSSR count). The van der Waals surface area contributed by atoms with Crippen LogP contribution in [0, 0.1) is 6.92 Å². The number of aryl methyl sites for hydroxylation is 1. The van der Waals surface area contributed by atoms with E-state index in [0.717, 1.165) is 17.5 Å². The number of carbonyl (C=O) groups excluding carboxylic acids is 1. The van der Waals surface area contributed by atoms with E-state index in [4.69, 9.17) is 15.6 Å². The quantitative estimate of drug-likeness (QED) is 0.504. The number of imidazole rings is 1. The second kappa shape index (κ2) is 7.02. The van der Waals surface area contributed by atoms with Gasteiger partial charge >= 0.3 is 5.97 Å². The van der Waals surface area contributed by atoms with Gasteiger partial charge in [-0.3, -0.25) is 9.59 Å². The van der Waals surface area contributed by atoms with Crippen molar-refractivity contribution in [2.24, 2.45) is 5.73 Å². The highest BCUT2D eigenvalue weighted by atomic mass is 32.2. The predicted molar refractivity (Wildman–Crippen MR) is 65.3 cm³/mol. The molecule has 1 aromatic heterocycles. The van der Waals surface area contributed by atoms with Crippen LogP contribution in [0.15, 0.2) is 11.4 Å². The topological polar surface area (TPSA) is 107 Å². The second-order valence-electron chi connectivity index (χ2n) is 3.54. The Kier molecular flexibility index (Phi) is 5.66. The van der Waals surface area contributed by atoms with Crippen molar-refractivity contribution < 1.29 is 19.4 Å². The van der Waals surface area contributed by atoms with E-state index in [-0.39, 0.29) is 12.4 Å². The molecule has 0 atom stereocenters.